The Bertz CT molecular complexity index is 328. The minimum absolute atomic E-state index is 0.118. The van der Waals surface area contributed by atoms with E-state index in [9.17, 15) is 13.2 Å². The first kappa shape index (κ1) is 9.52. The van der Waals surface area contributed by atoms with Gasteiger partial charge in [-0.25, -0.2) is 0 Å². The van der Waals surface area contributed by atoms with Crippen molar-refractivity contribution in [3.8, 4) is 0 Å². The van der Waals surface area contributed by atoms with Crippen LogP contribution in [0.4, 0.5) is 13.2 Å². The summed E-state index contributed by atoms with van der Waals surface area (Å²) in [5, 5.41) is 0. The molecule has 0 bridgehead atoms. The number of hydrogen-bond donors (Lipinski definition) is 0. The molecule has 1 nitrogen and oxygen atoms in total. The molecule has 4 heteroatoms. The Hall–Kier alpha value is -1.03. The van der Waals surface area contributed by atoms with Crippen LogP contribution in [0.15, 0.2) is 24.3 Å². The van der Waals surface area contributed by atoms with E-state index >= 15 is 0 Å². The maximum atomic E-state index is 12.5. The summed E-state index contributed by atoms with van der Waals surface area (Å²) in [6.07, 6.45) is -3.28. The third kappa shape index (κ3) is 1.50. The maximum absolute atomic E-state index is 12.5. The highest BCUT2D eigenvalue weighted by Gasteiger charge is 2.40. The molecule has 1 aliphatic carbocycles. The van der Waals surface area contributed by atoms with Crippen LogP contribution < -0.4 is 0 Å². The van der Waals surface area contributed by atoms with Crippen LogP contribution in [0.25, 0.3) is 5.73 Å². The van der Waals surface area contributed by atoms with E-state index in [-0.39, 0.29) is 5.56 Å². The number of benzene rings is 1. The molecule has 1 saturated carbocycles. The van der Waals surface area contributed by atoms with Crippen LogP contribution in [0.3, 0.4) is 0 Å². The molecule has 76 valence electrons. The monoisotopic (exact) mass is 200 g/mol. The van der Waals surface area contributed by atoms with Crippen molar-refractivity contribution < 1.29 is 13.2 Å². The Morgan fingerprint density at radius 3 is 2.21 bits per heavy atom. The summed E-state index contributed by atoms with van der Waals surface area (Å²) in [7, 11) is 0. The van der Waals surface area contributed by atoms with Gasteiger partial charge < -0.3 is 5.73 Å². The lowest BCUT2D eigenvalue weighted by Crippen LogP contribution is -2.13. The molecule has 1 aromatic rings. The molecule has 0 spiro atoms. The molecule has 1 N–H and O–H groups in total. The first-order valence-electron chi connectivity index (χ1n) is 4.35. The SMILES string of the molecule is [NH-]C1(c2ccccc2C(F)(F)F)CC1. The Morgan fingerprint density at radius 2 is 1.71 bits per heavy atom. The molecule has 0 saturated heterocycles. The molecule has 0 aliphatic heterocycles. The second-order valence-electron chi connectivity index (χ2n) is 3.63. The van der Waals surface area contributed by atoms with Crippen molar-refractivity contribution in [2.75, 3.05) is 0 Å². The normalized spacial score (nSPS) is 19.4. The topological polar surface area (TPSA) is 23.8 Å². The molecule has 1 fully saturated rings. The smallest absolute Gasteiger partial charge is 0.416 e. The van der Waals surface area contributed by atoms with E-state index in [4.69, 9.17) is 5.73 Å². The van der Waals surface area contributed by atoms with Crippen molar-refractivity contribution in [1.82, 2.24) is 0 Å². The van der Waals surface area contributed by atoms with Gasteiger partial charge in [0.05, 0.1) is 5.56 Å². The zero-order valence-electron chi connectivity index (χ0n) is 7.36. The molecule has 0 aromatic heterocycles. The van der Waals surface area contributed by atoms with Crippen molar-refractivity contribution in [1.29, 1.82) is 0 Å². The van der Waals surface area contributed by atoms with Crippen molar-refractivity contribution in [2.45, 2.75) is 24.6 Å². The standard InChI is InChI=1S/C10H9F3N/c11-10(12,13)8-4-2-1-3-7(8)9(14)5-6-9/h1-4,14H,5-6H2/q-1. The molecule has 0 heterocycles. The average Bonchev–Trinajstić information content (AvgIpc) is 2.84. The third-order valence-corrected chi connectivity index (χ3v) is 2.50. The molecular weight excluding hydrogens is 191 g/mol. The molecule has 1 aromatic carbocycles. The fourth-order valence-corrected chi connectivity index (χ4v) is 1.54. The van der Waals surface area contributed by atoms with Gasteiger partial charge >= 0.3 is 6.18 Å². The lowest BCUT2D eigenvalue weighted by molar-refractivity contribution is -0.138. The van der Waals surface area contributed by atoms with E-state index in [1.165, 1.54) is 12.1 Å². The van der Waals surface area contributed by atoms with Gasteiger partial charge in [0.15, 0.2) is 0 Å². The molecule has 0 amide bonds. The Balaban J connectivity index is 2.50. The molecule has 14 heavy (non-hydrogen) atoms. The van der Waals surface area contributed by atoms with E-state index in [1.807, 2.05) is 0 Å². The summed E-state index contributed by atoms with van der Waals surface area (Å²) in [5.74, 6) is 0. The number of rotatable bonds is 1. The fourth-order valence-electron chi connectivity index (χ4n) is 1.54. The van der Waals surface area contributed by atoms with Gasteiger partial charge in [-0.15, -0.1) is 0 Å². The molecule has 1 aliphatic rings. The number of hydrogen-bond acceptors (Lipinski definition) is 0. The second-order valence-corrected chi connectivity index (χ2v) is 3.63. The quantitative estimate of drug-likeness (QED) is 0.659. The van der Waals surface area contributed by atoms with Crippen molar-refractivity contribution in [3.05, 3.63) is 41.1 Å². The second kappa shape index (κ2) is 2.73. The van der Waals surface area contributed by atoms with Gasteiger partial charge in [0.25, 0.3) is 0 Å². The highest BCUT2D eigenvalue weighted by molar-refractivity contribution is 5.41. The van der Waals surface area contributed by atoms with E-state index in [2.05, 4.69) is 0 Å². The molecule has 0 radical (unpaired) electrons. The maximum Gasteiger partial charge on any atom is 0.416 e. The van der Waals surface area contributed by atoms with Gasteiger partial charge in [-0.1, -0.05) is 42.1 Å². The summed E-state index contributed by atoms with van der Waals surface area (Å²) in [5.41, 5.74) is 6.18. The van der Waals surface area contributed by atoms with Crippen molar-refractivity contribution >= 4 is 0 Å². The summed E-state index contributed by atoms with van der Waals surface area (Å²) >= 11 is 0. The molecular formula is C10H9F3N-. The van der Waals surface area contributed by atoms with Crippen molar-refractivity contribution in [3.63, 3.8) is 0 Å². The molecule has 2 rings (SSSR count). The van der Waals surface area contributed by atoms with Gasteiger partial charge in [-0.05, 0) is 6.07 Å². The van der Waals surface area contributed by atoms with E-state index in [0.717, 1.165) is 6.07 Å². The van der Waals surface area contributed by atoms with Gasteiger partial charge in [0.1, 0.15) is 0 Å². The van der Waals surface area contributed by atoms with Crippen LogP contribution in [0.5, 0.6) is 0 Å². The Morgan fingerprint density at radius 1 is 1.14 bits per heavy atom. The van der Waals surface area contributed by atoms with Crippen LogP contribution in [0.2, 0.25) is 0 Å². The number of alkyl halides is 3. The predicted molar refractivity (Wildman–Crippen MR) is 46.7 cm³/mol. The predicted octanol–water partition coefficient (Wildman–Crippen LogP) is 3.75. The van der Waals surface area contributed by atoms with E-state index < -0.39 is 17.3 Å². The summed E-state index contributed by atoms with van der Waals surface area (Å²) in [6.45, 7) is 0. The first-order valence-corrected chi connectivity index (χ1v) is 4.35. The molecule has 0 unspecified atom stereocenters. The van der Waals surface area contributed by atoms with Gasteiger partial charge in [-0.3, -0.25) is 0 Å². The fraction of sp³-hybridized carbons (Fsp3) is 0.400. The van der Waals surface area contributed by atoms with E-state index in [1.54, 1.807) is 6.07 Å². The highest BCUT2D eigenvalue weighted by atomic mass is 19.4. The summed E-state index contributed by atoms with van der Waals surface area (Å²) in [4.78, 5) is 0. The number of nitrogens with one attached hydrogen (secondary N) is 1. The van der Waals surface area contributed by atoms with Crippen LogP contribution in [-0.4, -0.2) is 0 Å². The van der Waals surface area contributed by atoms with E-state index in [0.29, 0.717) is 12.8 Å². The van der Waals surface area contributed by atoms with Crippen molar-refractivity contribution in [2.24, 2.45) is 0 Å². The van der Waals surface area contributed by atoms with Gasteiger partial charge in [-0.2, -0.15) is 13.2 Å². The third-order valence-electron chi connectivity index (χ3n) is 2.50. The summed E-state index contributed by atoms with van der Waals surface area (Å²) in [6, 6.07) is 5.37. The largest absolute Gasteiger partial charge is 0.668 e. The lowest BCUT2D eigenvalue weighted by atomic mass is 9.99. The number of halogens is 3. The van der Waals surface area contributed by atoms with Crippen LogP contribution in [-0.2, 0) is 11.7 Å². The summed E-state index contributed by atoms with van der Waals surface area (Å²) < 4.78 is 37.6. The average molecular weight is 200 g/mol. The lowest BCUT2D eigenvalue weighted by Gasteiger charge is -2.23. The molecule has 0 atom stereocenters. The zero-order valence-corrected chi connectivity index (χ0v) is 7.36. The first-order chi connectivity index (χ1) is 6.43. The highest BCUT2D eigenvalue weighted by Crippen LogP contribution is 2.51. The van der Waals surface area contributed by atoms with Gasteiger partial charge in [0, 0.05) is 0 Å². The van der Waals surface area contributed by atoms with Crippen LogP contribution in [0, 0.1) is 0 Å². The van der Waals surface area contributed by atoms with Gasteiger partial charge in [0.2, 0.25) is 0 Å². The minimum atomic E-state index is -4.34. The van der Waals surface area contributed by atoms with Crippen LogP contribution >= 0.6 is 0 Å². The zero-order chi connectivity index (χ0) is 10.4. The Labute approximate surface area is 79.7 Å². The minimum Gasteiger partial charge on any atom is -0.668 e. The Kier molecular flexibility index (Phi) is 1.86. The van der Waals surface area contributed by atoms with Crippen LogP contribution in [0.1, 0.15) is 24.0 Å².